The van der Waals surface area contributed by atoms with Gasteiger partial charge < -0.3 is 15.5 Å². The number of anilines is 1. The van der Waals surface area contributed by atoms with Crippen LogP contribution in [0.5, 0.6) is 0 Å². The highest BCUT2D eigenvalue weighted by molar-refractivity contribution is 6.39. The first-order chi connectivity index (χ1) is 12.8. The van der Waals surface area contributed by atoms with Crippen molar-refractivity contribution < 1.29 is 18.8 Å². The Bertz CT molecular complexity index is 856. The van der Waals surface area contributed by atoms with Crippen molar-refractivity contribution in [2.24, 2.45) is 0 Å². The Labute approximate surface area is 165 Å². The zero-order chi connectivity index (χ0) is 20.0. The van der Waals surface area contributed by atoms with Crippen molar-refractivity contribution in [1.29, 1.82) is 0 Å². The van der Waals surface area contributed by atoms with Crippen molar-refractivity contribution in [3.63, 3.8) is 0 Å². The van der Waals surface area contributed by atoms with Gasteiger partial charge in [0.2, 0.25) is 11.8 Å². The maximum absolute atomic E-state index is 13.5. The Morgan fingerprint density at radius 2 is 1.67 bits per heavy atom. The van der Waals surface area contributed by atoms with Crippen molar-refractivity contribution >= 4 is 46.6 Å². The molecule has 0 atom stereocenters. The molecular weight excluding hydrogens is 396 g/mol. The number of carbonyl (C=O) groups excluding carboxylic acids is 3. The molecule has 0 aliphatic heterocycles. The third kappa shape index (κ3) is 5.67. The molecule has 3 amide bonds. The van der Waals surface area contributed by atoms with Crippen molar-refractivity contribution in [1.82, 2.24) is 10.2 Å². The maximum Gasteiger partial charge on any atom is 0.254 e. The highest BCUT2D eigenvalue weighted by Gasteiger charge is 2.17. The van der Waals surface area contributed by atoms with Crippen LogP contribution < -0.4 is 10.6 Å². The van der Waals surface area contributed by atoms with Gasteiger partial charge in [0.05, 0.1) is 34.4 Å². The van der Waals surface area contributed by atoms with Gasteiger partial charge in [0.1, 0.15) is 5.82 Å². The van der Waals surface area contributed by atoms with Crippen molar-refractivity contribution in [3.8, 4) is 0 Å². The summed E-state index contributed by atoms with van der Waals surface area (Å²) in [5.74, 6) is -2.45. The van der Waals surface area contributed by atoms with E-state index in [-0.39, 0.29) is 34.4 Å². The molecule has 0 aromatic heterocycles. The molecule has 0 bridgehead atoms. The Morgan fingerprint density at radius 1 is 1.04 bits per heavy atom. The van der Waals surface area contributed by atoms with Gasteiger partial charge in [-0.3, -0.25) is 14.4 Å². The van der Waals surface area contributed by atoms with Crippen LogP contribution in [0.2, 0.25) is 10.0 Å². The molecule has 0 spiro atoms. The fourth-order valence-corrected chi connectivity index (χ4v) is 2.62. The number of para-hydroxylation sites is 1. The van der Waals surface area contributed by atoms with E-state index in [1.54, 1.807) is 18.2 Å². The zero-order valence-corrected chi connectivity index (χ0v) is 15.8. The highest BCUT2D eigenvalue weighted by Crippen LogP contribution is 2.29. The van der Waals surface area contributed by atoms with Crippen LogP contribution in [-0.2, 0) is 9.59 Å². The molecule has 0 saturated heterocycles. The Kier molecular flexibility index (Phi) is 7.15. The van der Waals surface area contributed by atoms with Gasteiger partial charge in [0, 0.05) is 7.05 Å². The lowest BCUT2D eigenvalue weighted by Crippen LogP contribution is -2.41. The molecule has 0 heterocycles. The van der Waals surface area contributed by atoms with Crippen LogP contribution in [0.1, 0.15) is 10.4 Å². The average Bonchev–Trinajstić information content (AvgIpc) is 2.63. The zero-order valence-electron chi connectivity index (χ0n) is 14.3. The summed E-state index contributed by atoms with van der Waals surface area (Å²) in [4.78, 5) is 37.2. The molecule has 0 saturated carbocycles. The monoisotopic (exact) mass is 411 g/mol. The molecule has 2 aromatic carbocycles. The summed E-state index contributed by atoms with van der Waals surface area (Å²) in [6, 6.07) is 10.2. The second-order valence-corrected chi connectivity index (χ2v) is 6.37. The summed E-state index contributed by atoms with van der Waals surface area (Å²) in [7, 11) is 1.39. The SMILES string of the molecule is CN(CC(=O)Nc1c(Cl)cccc1Cl)C(=O)CNC(=O)c1ccccc1F. The van der Waals surface area contributed by atoms with Gasteiger partial charge in [-0.25, -0.2) is 4.39 Å². The lowest BCUT2D eigenvalue weighted by Gasteiger charge is -2.18. The molecule has 0 unspecified atom stereocenters. The van der Waals surface area contributed by atoms with Gasteiger partial charge in [-0.05, 0) is 24.3 Å². The van der Waals surface area contributed by atoms with Gasteiger partial charge in [0.25, 0.3) is 5.91 Å². The van der Waals surface area contributed by atoms with Crippen LogP contribution in [0.3, 0.4) is 0 Å². The van der Waals surface area contributed by atoms with E-state index < -0.39 is 23.5 Å². The predicted octanol–water partition coefficient (Wildman–Crippen LogP) is 2.96. The fraction of sp³-hybridized carbons (Fsp3) is 0.167. The summed E-state index contributed by atoms with van der Waals surface area (Å²) in [5.41, 5.74) is 0.0820. The van der Waals surface area contributed by atoms with Gasteiger partial charge in [-0.2, -0.15) is 0 Å². The molecular formula is C18H16Cl2FN3O3. The van der Waals surface area contributed by atoms with Crippen LogP contribution in [0.4, 0.5) is 10.1 Å². The van der Waals surface area contributed by atoms with Crippen molar-refractivity contribution in [2.75, 3.05) is 25.5 Å². The van der Waals surface area contributed by atoms with E-state index in [0.717, 1.165) is 11.0 Å². The Morgan fingerprint density at radius 3 is 2.30 bits per heavy atom. The normalized spacial score (nSPS) is 10.2. The predicted molar refractivity (Wildman–Crippen MR) is 101 cm³/mol. The molecule has 0 aliphatic rings. The van der Waals surface area contributed by atoms with Crippen LogP contribution in [0.15, 0.2) is 42.5 Å². The number of rotatable bonds is 6. The first-order valence-electron chi connectivity index (χ1n) is 7.80. The van der Waals surface area contributed by atoms with Gasteiger partial charge in [0.15, 0.2) is 0 Å². The molecule has 6 nitrogen and oxygen atoms in total. The van der Waals surface area contributed by atoms with Gasteiger partial charge >= 0.3 is 0 Å². The smallest absolute Gasteiger partial charge is 0.254 e. The first-order valence-corrected chi connectivity index (χ1v) is 8.55. The van der Waals surface area contributed by atoms with E-state index in [9.17, 15) is 18.8 Å². The number of carbonyl (C=O) groups is 3. The minimum absolute atomic E-state index is 0.168. The second-order valence-electron chi connectivity index (χ2n) is 5.56. The summed E-state index contributed by atoms with van der Waals surface area (Å²) in [5, 5.41) is 5.38. The number of nitrogens with zero attached hydrogens (tertiary/aromatic N) is 1. The van der Waals surface area contributed by atoms with Crippen LogP contribution in [0, 0.1) is 5.82 Å². The first kappa shape index (κ1) is 20.7. The molecule has 0 aliphatic carbocycles. The van der Waals surface area contributed by atoms with E-state index in [4.69, 9.17) is 23.2 Å². The number of amides is 3. The Balaban J connectivity index is 1.87. The second kappa shape index (κ2) is 9.34. The topological polar surface area (TPSA) is 78.5 Å². The minimum Gasteiger partial charge on any atom is -0.343 e. The van der Waals surface area contributed by atoms with E-state index in [1.807, 2.05) is 0 Å². The van der Waals surface area contributed by atoms with E-state index in [2.05, 4.69) is 10.6 Å². The fourth-order valence-electron chi connectivity index (χ4n) is 2.13. The number of likely N-dealkylation sites (N-methyl/N-ethyl adjacent to an activating group) is 1. The van der Waals surface area contributed by atoms with Gasteiger partial charge in [-0.1, -0.05) is 41.4 Å². The van der Waals surface area contributed by atoms with E-state index >= 15 is 0 Å². The van der Waals surface area contributed by atoms with Crippen LogP contribution in [-0.4, -0.2) is 42.8 Å². The molecule has 27 heavy (non-hydrogen) atoms. The Hall–Kier alpha value is -2.64. The number of hydrogen-bond donors (Lipinski definition) is 2. The van der Waals surface area contributed by atoms with E-state index in [0.29, 0.717) is 0 Å². The molecule has 2 rings (SSSR count). The highest BCUT2D eigenvalue weighted by atomic mass is 35.5. The summed E-state index contributed by atoms with van der Waals surface area (Å²) in [6.07, 6.45) is 0. The third-order valence-corrected chi connectivity index (χ3v) is 4.18. The van der Waals surface area contributed by atoms with Crippen LogP contribution >= 0.6 is 23.2 Å². The number of halogens is 3. The average molecular weight is 412 g/mol. The van der Waals surface area contributed by atoms with Gasteiger partial charge in [-0.15, -0.1) is 0 Å². The molecule has 142 valence electrons. The molecule has 2 aromatic rings. The summed E-state index contributed by atoms with van der Waals surface area (Å²) < 4.78 is 13.5. The quantitative estimate of drug-likeness (QED) is 0.766. The summed E-state index contributed by atoms with van der Waals surface area (Å²) in [6.45, 7) is -0.667. The third-order valence-electron chi connectivity index (χ3n) is 3.55. The van der Waals surface area contributed by atoms with Crippen molar-refractivity contribution in [3.05, 3.63) is 63.9 Å². The largest absolute Gasteiger partial charge is 0.343 e. The molecule has 0 radical (unpaired) electrons. The lowest BCUT2D eigenvalue weighted by molar-refractivity contribution is -0.132. The molecule has 0 fully saturated rings. The number of nitrogens with one attached hydrogen (secondary N) is 2. The minimum atomic E-state index is -0.720. The summed E-state index contributed by atoms with van der Waals surface area (Å²) >= 11 is 11.9. The van der Waals surface area contributed by atoms with Crippen molar-refractivity contribution in [2.45, 2.75) is 0 Å². The molecule has 9 heteroatoms. The number of benzene rings is 2. The molecule has 2 N–H and O–H groups in total. The maximum atomic E-state index is 13.5. The van der Waals surface area contributed by atoms with Crippen LogP contribution in [0.25, 0.3) is 0 Å². The lowest BCUT2D eigenvalue weighted by atomic mass is 10.2. The number of hydrogen-bond acceptors (Lipinski definition) is 3. The van der Waals surface area contributed by atoms with E-state index in [1.165, 1.54) is 25.2 Å². The standard InChI is InChI=1S/C18H16Cl2FN3O3/c1-24(10-15(25)23-17-12(19)6-4-7-13(17)20)16(26)9-22-18(27)11-5-2-3-8-14(11)21/h2-8H,9-10H2,1H3,(H,22,27)(H,23,25).